The Hall–Kier alpha value is -1.00. The van der Waals surface area contributed by atoms with E-state index in [1.54, 1.807) is 0 Å². The van der Waals surface area contributed by atoms with Gasteiger partial charge in [-0.25, -0.2) is 8.78 Å². The first-order valence-corrected chi connectivity index (χ1v) is 7.20. The minimum Gasteiger partial charge on any atom is -0.312 e. The van der Waals surface area contributed by atoms with Gasteiger partial charge in [0, 0.05) is 17.1 Å². The maximum absolute atomic E-state index is 13.9. The van der Waals surface area contributed by atoms with Gasteiger partial charge < -0.3 is 10.2 Å². The molecule has 2 unspecified atom stereocenters. The lowest BCUT2D eigenvalue weighted by atomic mass is 9.84. The Morgan fingerprint density at radius 1 is 1.20 bits per heavy atom. The quantitative estimate of drug-likeness (QED) is 0.827. The first-order chi connectivity index (χ1) is 9.36. The van der Waals surface area contributed by atoms with Gasteiger partial charge in [-0.1, -0.05) is 19.9 Å². The van der Waals surface area contributed by atoms with Crippen LogP contribution in [0.4, 0.5) is 8.78 Å². The number of rotatable bonds is 7. The third-order valence-electron chi connectivity index (χ3n) is 4.41. The van der Waals surface area contributed by atoms with Crippen molar-refractivity contribution in [2.45, 2.75) is 45.2 Å². The number of nitrogens with one attached hydrogen (secondary N) is 1. The van der Waals surface area contributed by atoms with Crippen LogP contribution in [0.25, 0.3) is 0 Å². The van der Waals surface area contributed by atoms with E-state index in [0.29, 0.717) is 6.42 Å². The minimum absolute atomic E-state index is 0.0149. The molecule has 0 amide bonds. The number of hydrogen-bond acceptors (Lipinski definition) is 2. The highest BCUT2D eigenvalue weighted by Crippen LogP contribution is 2.25. The SMILES string of the molecule is CCNC(Cc1c(F)cccc1F)C(C)(CC)N(C)C. The number of halogens is 2. The molecule has 0 fully saturated rings. The lowest BCUT2D eigenvalue weighted by Crippen LogP contribution is -2.57. The van der Waals surface area contributed by atoms with Gasteiger partial charge in [-0.2, -0.15) is 0 Å². The number of nitrogens with zero attached hydrogens (tertiary/aromatic N) is 1. The lowest BCUT2D eigenvalue weighted by molar-refractivity contribution is 0.112. The highest BCUT2D eigenvalue weighted by Gasteiger charge is 2.35. The largest absolute Gasteiger partial charge is 0.312 e. The number of hydrogen-bond donors (Lipinski definition) is 1. The van der Waals surface area contributed by atoms with Gasteiger partial charge in [0.25, 0.3) is 0 Å². The van der Waals surface area contributed by atoms with E-state index >= 15 is 0 Å². The van der Waals surface area contributed by atoms with Crippen LogP contribution in [0.15, 0.2) is 18.2 Å². The molecule has 20 heavy (non-hydrogen) atoms. The van der Waals surface area contributed by atoms with Crippen LogP contribution in [-0.4, -0.2) is 37.1 Å². The topological polar surface area (TPSA) is 15.3 Å². The summed E-state index contributed by atoms with van der Waals surface area (Å²) in [5.41, 5.74) is 0.00467. The molecule has 1 N–H and O–H groups in total. The van der Waals surface area contributed by atoms with E-state index < -0.39 is 11.6 Å². The summed E-state index contributed by atoms with van der Waals surface area (Å²) < 4.78 is 27.7. The van der Waals surface area contributed by atoms with E-state index in [1.165, 1.54) is 18.2 Å². The Bertz CT molecular complexity index is 414. The summed E-state index contributed by atoms with van der Waals surface area (Å²) in [6.45, 7) is 7.00. The fraction of sp³-hybridized carbons (Fsp3) is 0.625. The molecular weight excluding hydrogens is 258 g/mol. The Morgan fingerprint density at radius 3 is 2.15 bits per heavy atom. The van der Waals surface area contributed by atoms with Crippen LogP contribution in [0.1, 0.15) is 32.8 Å². The molecule has 4 heteroatoms. The summed E-state index contributed by atoms with van der Waals surface area (Å²) in [5.74, 6) is -0.935. The predicted octanol–water partition coefficient (Wildman–Crippen LogP) is 3.22. The molecule has 2 atom stereocenters. The van der Waals surface area contributed by atoms with Crippen LogP contribution in [0.3, 0.4) is 0 Å². The molecule has 0 aromatic heterocycles. The molecule has 0 saturated carbocycles. The second-order valence-corrected chi connectivity index (χ2v) is 5.62. The Labute approximate surface area is 121 Å². The first kappa shape index (κ1) is 17.1. The van der Waals surface area contributed by atoms with Gasteiger partial charge in [0.05, 0.1) is 0 Å². The van der Waals surface area contributed by atoms with Crippen LogP contribution in [0.5, 0.6) is 0 Å². The Balaban J connectivity index is 3.09. The van der Waals surface area contributed by atoms with Crippen LogP contribution in [0, 0.1) is 11.6 Å². The summed E-state index contributed by atoms with van der Waals surface area (Å²) >= 11 is 0. The van der Waals surface area contributed by atoms with E-state index in [4.69, 9.17) is 0 Å². The molecule has 2 nitrogen and oxygen atoms in total. The molecule has 0 bridgehead atoms. The van der Waals surface area contributed by atoms with Crippen molar-refractivity contribution in [2.24, 2.45) is 0 Å². The highest BCUT2D eigenvalue weighted by atomic mass is 19.1. The van der Waals surface area contributed by atoms with Gasteiger partial charge >= 0.3 is 0 Å². The number of benzene rings is 1. The van der Waals surface area contributed by atoms with Crippen molar-refractivity contribution in [3.05, 3.63) is 35.4 Å². The van der Waals surface area contributed by atoms with E-state index in [-0.39, 0.29) is 17.1 Å². The minimum atomic E-state index is -0.467. The van der Waals surface area contributed by atoms with Crippen LogP contribution < -0.4 is 5.32 Å². The van der Waals surface area contributed by atoms with Crippen molar-refractivity contribution in [1.82, 2.24) is 10.2 Å². The molecule has 0 aliphatic rings. The second kappa shape index (κ2) is 7.14. The summed E-state index contributed by atoms with van der Waals surface area (Å²) in [7, 11) is 4.01. The van der Waals surface area contributed by atoms with Gasteiger partial charge in [0.2, 0.25) is 0 Å². The highest BCUT2D eigenvalue weighted by molar-refractivity contribution is 5.22. The maximum Gasteiger partial charge on any atom is 0.129 e. The molecule has 1 aromatic carbocycles. The molecule has 0 spiro atoms. The fourth-order valence-electron chi connectivity index (χ4n) is 2.56. The van der Waals surface area contributed by atoms with Crippen molar-refractivity contribution in [1.29, 1.82) is 0 Å². The molecule has 0 aliphatic carbocycles. The fourth-order valence-corrected chi connectivity index (χ4v) is 2.56. The van der Waals surface area contributed by atoms with Gasteiger partial charge in [0.1, 0.15) is 11.6 Å². The molecule has 0 heterocycles. The maximum atomic E-state index is 13.9. The van der Waals surface area contributed by atoms with Gasteiger partial charge in [-0.15, -0.1) is 0 Å². The average Bonchev–Trinajstić information content (AvgIpc) is 2.40. The van der Waals surface area contributed by atoms with E-state index in [2.05, 4.69) is 24.1 Å². The van der Waals surface area contributed by atoms with E-state index in [9.17, 15) is 8.78 Å². The van der Waals surface area contributed by atoms with Crippen molar-refractivity contribution in [3.8, 4) is 0 Å². The van der Waals surface area contributed by atoms with Crippen molar-refractivity contribution in [3.63, 3.8) is 0 Å². The van der Waals surface area contributed by atoms with Gasteiger partial charge in [-0.3, -0.25) is 0 Å². The van der Waals surface area contributed by atoms with Gasteiger partial charge in [0.15, 0.2) is 0 Å². The van der Waals surface area contributed by atoms with Gasteiger partial charge in [-0.05, 0) is 52.5 Å². The lowest BCUT2D eigenvalue weighted by Gasteiger charge is -2.43. The van der Waals surface area contributed by atoms with E-state index in [0.717, 1.165) is 13.0 Å². The standard InChI is InChI=1S/C16H26F2N2/c1-6-16(3,20(4)5)15(19-7-2)11-12-13(17)9-8-10-14(12)18/h8-10,15,19H,6-7,11H2,1-5H3. The molecule has 1 aromatic rings. The van der Waals surface area contributed by atoms with Crippen molar-refractivity contribution >= 4 is 0 Å². The monoisotopic (exact) mass is 284 g/mol. The van der Waals surface area contributed by atoms with Crippen molar-refractivity contribution < 1.29 is 8.78 Å². The number of likely N-dealkylation sites (N-methyl/N-ethyl adjacent to an activating group) is 2. The first-order valence-electron chi connectivity index (χ1n) is 7.20. The molecule has 1 rings (SSSR count). The summed E-state index contributed by atoms with van der Waals surface area (Å²) in [4.78, 5) is 2.12. The Morgan fingerprint density at radius 2 is 1.75 bits per heavy atom. The third kappa shape index (κ3) is 3.55. The predicted molar refractivity (Wildman–Crippen MR) is 79.9 cm³/mol. The summed E-state index contributed by atoms with van der Waals surface area (Å²) in [5, 5.41) is 3.38. The normalized spacial score (nSPS) is 16.2. The van der Waals surface area contributed by atoms with Crippen molar-refractivity contribution in [2.75, 3.05) is 20.6 Å². The second-order valence-electron chi connectivity index (χ2n) is 5.62. The van der Waals surface area contributed by atoms with Crippen LogP contribution in [-0.2, 0) is 6.42 Å². The zero-order chi connectivity index (χ0) is 15.3. The molecule has 114 valence electrons. The summed E-state index contributed by atoms with van der Waals surface area (Å²) in [6, 6.07) is 4.03. The van der Waals surface area contributed by atoms with Crippen LogP contribution >= 0.6 is 0 Å². The zero-order valence-corrected chi connectivity index (χ0v) is 13.1. The Kier molecular flexibility index (Phi) is 6.08. The smallest absolute Gasteiger partial charge is 0.129 e. The van der Waals surface area contributed by atoms with Crippen LogP contribution in [0.2, 0.25) is 0 Å². The third-order valence-corrected chi connectivity index (χ3v) is 4.41. The van der Waals surface area contributed by atoms with E-state index in [1.807, 2.05) is 21.0 Å². The zero-order valence-electron chi connectivity index (χ0n) is 13.1. The average molecular weight is 284 g/mol. The molecular formula is C16H26F2N2. The molecule has 0 saturated heterocycles. The molecule has 0 aliphatic heterocycles. The summed E-state index contributed by atoms with van der Waals surface area (Å²) in [6.07, 6.45) is 1.24. The molecule has 0 radical (unpaired) electrons.